The van der Waals surface area contributed by atoms with E-state index >= 15 is 0 Å². The Morgan fingerprint density at radius 2 is 1.79 bits per heavy atom. The third-order valence-electron chi connectivity index (χ3n) is 2.68. The highest BCUT2D eigenvalue weighted by atomic mass is 19.2. The van der Waals surface area contributed by atoms with E-state index in [2.05, 4.69) is 10.3 Å². The van der Waals surface area contributed by atoms with Gasteiger partial charge in [-0.25, -0.2) is 0 Å². The quantitative estimate of drug-likeness (QED) is 0.667. The molecule has 1 aliphatic carbocycles. The van der Waals surface area contributed by atoms with E-state index < -0.39 is 41.7 Å². The van der Waals surface area contributed by atoms with Crippen molar-refractivity contribution in [2.24, 2.45) is 0 Å². The molecule has 1 amide bonds. The molecule has 1 fully saturated rings. The van der Waals surface area contributed by atoms with E-state index in [1.54, 1.807) is 0 Å². The molecule has 1 aliphatic rings. The van der Waals surface area contributed by atoms with Gasteiger partial charge in [0, 0.05) is 13.1 Å². The first-order valence-corrected chi connectivity index (χ1v) is 5.60. The van der Waals surface area contributed by atoms with Gasteiger partial charge in [0.15, 0.2) is 0 Å². The molecule has 4 nitrogen and oxygen atoms in total. The number of carbonyl (C=O) groups excluding carboxylic acids is 1. The molecule has 8 heteroatoms. The molecule has 0 unspecified atom stereocenters. The summed E-state index contributed by atoms with van der Waals surface area (Å²) < 4.78 is 52.6. The first kappa shape index (κ1) is 13.6. The maximum absolute atomic E-state index is 13.4. The van der Waals surface area contributed by atoms with E-state index in [4.69, 9.17) is 0 Å². The average molecular weight is 277 g/mol. The van der Waals surface area contributed by atoms with Gasteiger partial charge in [0.2, 0.25) is 17.5 Å². The Hall–Kier alpha value is -1.86. The van der Waals surface area contributed by atoms with Gasteiger partial charge in [-0.15, -0.1) is 0 Å². The number of hydrogen-bond donors (Lipinski definition) is 1. The van der Waals surface area contributed by atoms with Gasteiger partial charge in [0.1, 0.15) is 5.69 Å². The summed E-state index contributed by atoms with van der Waals surface area (Å²) in [6, 6.07) is 0.0847. The number of hydrogen-bond acceptors (Lipinski definition) is 3. The summed E-state index contributed by atoms with van der Waals surface area (Å²) in [5.41, 5.74) is -0.948. The topological polar surface area (TPSA) is 45.2 Å². The van der Waals surface area contributed by atoms with Crippen molar-refractivity contribution in [2.75, 3.05) is 18.5 Å². The minimum absolute atomic E-state index is 0.0847. The molecule has 0 radical (unpaired) electrons. The van der Waals surface area contributed by atoms with Crippen LogP contribution in [0.25, 0.3) is 0 Å². The van der Waals surface area contributed by atoms with Crippen LogP contribution in [0, 0.1) is 23.5 Å². The van der Waals surface area contributed by atoms with Crippen LogP contribution in [0.1, 0.15) is 12.8 Å². The number of nitrogens with zero attached hydrogens (tertiary/aromatic N) is 2. The van der Waals surface area contributed by atoms with Crippen LogP contribution in [-0.4, -0.2) is 30.5 Å². The zero-order valence-electron chi connectivity index (χ0n) is 10.0. The van der Waals surface area contributed by atoms with Crippen LogP contribution in [0.3, 0.4) is 0 Å². The lowest BCUT2D eigenvalue weighted by Crippen LogP contribution is -2.37. The number of pyridine rings is 1. The number of nitrogens with one attached hydrogen (secondary N) is 1. The first-order valence-electron chi connectivity index (χ1n) is 5.60. The number of anilines is 1. The lowest BCUT2D eigenvalue weighted by atomic mass is 10.3. The predicted octanol–water partition coefficient (Wildman–Crippen LogP) is 1.35. The first-order chi connectivity index (χ1) is 8.90. The van der Waals surface area contributed by atoms with Crippen LogP contribution >= 0.6 is 0 Å². The molecule has 1 aromatic rings. The van der Waals surface area contributed by atoms with Crippen LogP contribution in [0.4, 0.5) is 23.2 Å². The zero-order chi connectivity index (χ0) is 14.2. The van der Waals surface area contributed by atoms with E-state index in [0.717, 1.165) is 24.8 Å². The van der Waals surface area contributed by atoms with Crippen LogP contribution in [-0.2, 0) is 4.79 Å². The Morgan fingerprint density at radius 3 is 2.26 bits per heavy atom. The van der Waals surface area contributed by atoms with Gasteiger partial charge in [0.05, 0.1) is 6.54 Å². The molecule has 0 aromatic carbocycles. The Labute approximate surface area is 106 Å². The second-order valence-electron chi connectivity index (χ2n) is 4.37. The lowest BCUT2D eigenvalue weighted by molar-refractivity contribution is -0.119. The van der Waals surface area contributed by atoms with Gasteiger partial charge >= 0.3 is 0 Å². The number of amides is 1. The van der Waals surface area contributed by atoms with E-state index in [9.17, 15) is 22.4 Å². The average Bonchev–Trinajstić information content (AvgIpc) is 3.10. The number of aromatic nitrogens is 1. The molecule has 1 heterocycles. The molecule has 1 N–H and O–H groups in total. The fraction of sp³-hybridized carbons (Fsp3) is 0.455. The van der Waals surface area contributed by atoms with Gasteiger partial charge in [-0.05, 0) is 12.8 Å². The summed E-state index contributed by atoms with van der Waals surface area (Å²) in [5, 5.41) is 2.59. The summed E-state index contributed by atoms with van der Waals surface area (Å²) >= 11 is 0. The highest BCUT2D eigenvalue weighted by Gasteiger charge is 2.27. The second kappa shape index (κ2) is 5.02. The van der Waals surface area contributed by atoms with Gasteiger partial charge < -0.3 is 10.2 Å². The van der Waals surface area contributed by atoms with Crippen LogP contribution in [0.5, 0.6) is 0 Å². The van der Waals surface area contributed by atoms with Gasteiger partial charge in [-0.3, -0.25) is 4.79 Å². The number of carbonyl (C=O) groups is 1. The molecule has 104 valence electrons. The molecule has 1 saturated carbocycles. The fourth-order valence-electron chi connectivity index (χ4n) is 1.61. The zero-order valence-corrected chi connectivity index (χ0v) is 10.0. The maximum Gasteiger partial charge on any atom is 0.253 e. The monoisotopic (exact) mass is 277 g/mol. The molecule has 0 aliphatic heterocycles. The maximum atomic E-state index is 13.4. The van der Waals surface area contributed by atoms with Crippen molar-refractivity contribution in [1.82, 2.24) is 10.3 Å². The van der Waals surface area contributed by atoms with E-state index in [0.29, 0.717) is 0 Å². The van der Waals surface area contributed by atoms with E-state index in [1.807, 2.05) is 0 Å². The number of likely N-dealkylation sites (N-methyl/N-ethyl adjacent to an activating group) is 1. The van der Waals surface area contributed by atoms with Crippen molar-refractivity contribution in [3.05, 3.63) is 23.5 Å². The van der Waals surface area contributed by atoms with Gasteiger partial charge in [0.25, 0.3) is 11.9 Å². The van der Waals surface area contributed by atoms with E-state index in [-0.39, 0.29) is 6.04 Å². The molecule has 1 aromatic heterocycles. The third-order valence-corrected chi connectivity index (χ3v) is 2.68. The molecule has 2 rings (SSSR count). The fourth-order valence-corrected chi connectivity index (χ4v) is 1.61. The van der Waals surface area contributed by atoms with Crippen LogP contribution < -0.4 is 10.2 Å². The SMILES string of the molecule is CN(CC(=O)NC1CC1)c1c(F)c(F)nc(F)c1F. The summed E-state index contributed by atoms with van der Waals surface area (Å²) in [4.78, 5) is 14.7. The third kappa shape index (κ3) is 2.94. The van der Waals surface area contributed by atoms with E-state index in [1.165, 1.54) is 0 Å². The molecule has 0 atom stereocenters. The van der Waals surface area contributed by atoms with Gasteiger partial charge in [-0.2, -0.15) is 22.5 Å². The normalized spacial score (nSPS) is 14.4. The Morgan fingerprint density at radius 1 is 1.26 bits per heavy atom. The highest BCUT2D eigenvalue weighted by Crippen LogP contribution is 2.25. The summed E-state index contributed by atoms with van der Waals surface area (Å²) in [7, 11) is 1.16. The van der Waals surface area contributed by atoms with Crippen molar-refractivity contribution in [3.8, 4) is 0 Å². The molecule has 19 heavy (non-hydrogen) atoms. The minimum Gasteiger partial charge on any atom is -0.360 e. The Balaban J connectivity index is 2.17. The standard InChI is InChI=1S/C11H11F4N3O/c1-18(4-6(19)16-5-2-3-5)9-7(12)10(14)17-11(15)8(9)13/h5H,2-4H2,1H3,(H,16,19). The second-order valence-corrected chi connectivity index (χ2v) is 4.37. The van der Waals surface area contributed by atoms with Crippen molar-refractivity contribution in [1.29, 1.82) is 0 Å². The predicted molar refractivity (Wildman–Crippen MR) is 58.5 cm³/mol. The van der Waals surface area contributed by atoms with Crippen LogP contribution in [0.15, 0.2) is 0 Å². The smallest absolute Gasteiger partial charge is 0.253 e. The van der Waals surface area contributed by atoms with Gasteiger partial charge in [-0.1, -0.05) is 0 Å². The Bertz CT molecular complexity index is 493. The van der Waals surface area contributed by atoms with Crippen LogP contribution in [0.2, 0.25) is 0 Å². The number of halogens is 4. The summed E-state index contributed by atoms with van der Waals surface area (Å²) in [6.07, 6.45) is 1.72. The number of rotatable bonds is 4. The largest absolute Gasteiger partial charge is 0.360 e. The Kier molecular flexibility index (Phi) is 3.59. The summed E-state index contributed by atoms with van der Waals surface area (Å²) in [6.45, 7) is -0.409. The highest BCUT2D eigenvalue weighted by molar-refractivity contribution is 5.81. The van der Waals surface area contributed by atoms with Crippen molar-refractivity contribution in [2.45, 2.75) is 18.9 Å². The molecule has 0 bridgehead atoms. The molecular formula is C11H11F4N3O. The lowest BCUT2D eigenvalue weighted by Gasteiger charge is -2.20. The molecule has 0 saturated heterocycles. The summed E-state index contributed by atoms with van der Waals surface area (Å²) in [5.74, 6) is -7.21. The van der Waals surface area contributed by atoms with Crippen molar-refractivity contribution < 1.29 is 22.4 Å². The van der Waals surface area contributed by atoms with Crippen molar-refractivity contribution >= 4 is 11.6 Å². The molecular weight excluding hydrogens is 266 g/mol. The molecule has 0 spiro atoms. The minimum atomic E-state index is -1.75. The van der Waals surface area contributed by atoms with Crippen molar-refractivity contribution in [3.63, 3.8) is 0 Å².